The van der Waals surface area contributed by atoms with Crippen molar-refractivity contribution in [1.29, 1.82) is 0 Å². The first kappa shape index (κ1) is 20.8. The Balaban J connectivity index is 1.33. The molecule has 6 heteroatoms. The number of carbonyl (C=O) groups excluding carboxylic acids is 1. The van der Waals surface area contributed by atoms with Crippen LogP contribution in [0.5, 0.6) is 11.5 Å². The van der Waals surface area contributed by atoms with Crippen molar-refractivity contribution in [2.75, 3.05) is 38.3 Å². The maximum absolute atomic E-state index is 12.5. The quantitative estimate of drug-likeness (QED) is 0.393. The Morgan fingerprint density at radius 3 is 2.48 bits per heavy atom. The molecule has 2 aromatic carbocycles. The fraction of sp³-hybridized carbons (Fsp3) is 0.240. The summed E-state index contributed by atoms with van der Waals surface area (Å²) in [4.78, 5) is 14.7. The van der Waals surface area contributed by atoms with Crippen LogP contribution in [0.15, 0.2) is 71.2 Å². The molecule has 0 unspecified atom stereocenters. The van der Waals surface area contributed by atoms with Gasteiger partial charge in [0.2, 0.25) is 0 Å². The van der Waals surface area contributed by atoms with Gasteiger partial charge >= 0.3 is 0 Å². The molecule has 1 aromatic heterocycles. The largest absolute Gasteiger partial charge is 0.493 e. The van der Waals surface area contributed by atoms with Crippen LogP contribution in [0.4, 0.5) is 5.69 Å². The number of nitrogens with zero attached hydrogens (tertiary/aromatic N) is 1. The Morgan fingerprint density at radius 2 is 1.74 bits per heavy atom. The predicted molar refractivity (Wildman–Crippen MR) is 119 cm³/mol. The standard InChI is InChI=1S/C25H25NO5/c1-28-24-4-2-3-5-25(24)30-18-22-11-10-21(31-22)12-13-23(27)19-6-8-20(9-7-19)26-14-16-29-17-15-26/h2-13H,14-18H2,1H3/b13-12+. The fourth-order valence-electron chi connectivity index (χ4n) is 3.36. The molecule has 160 valence electrons. The zero-order valence-corrected chi connectivity index (χ0v) is 17.5. The minimum Gasteiger partial charge on any atom is -0.493 e. The van der Waals surface area contributed by atoms with Crippen molar-refractivity contribution in [3.8, 4) is 11.5 Å². The second-order valence-electron chi connectivity index (χ2n) is 7.09. The van der Waals surface area contributed by atoms with Crippen molar-refractivity contribution in [3.05, 3.63) is 83.8 Å². The first-order chi connectivity index (χ1) is 15.2. The van der Waals surface area contributed by atoms with E-state index in [0.29, 0.717) is 28.6 Å². The third kappa shape index (κ3) is 5.35. The van der Waals surface area contributed by atoms with Gasteiger partial charge in [0.15, 0.2) is 17.3 Å². The van der Waals surface area contributed by atoms with Crippen LogP contribution in [0.1, 0.15) is 21.9 Å². The second-order valence-corrected chi connectivity index (χ2v) is 7.09. The number of benzene rings is 2. The number of methoxy groups -OCH3 is 1. The van der Waals surface area contributed by atoms with Crippen molar-refractivity contribution in [2.45, 2.75) is 6.61 Å². The summed E-state index contributed by atoms with van der Waals surface area (Å²) in [6.07, 6.45) is 3.19. The molecule has 31 heavy (non-hydrogen) atoms. The van der Waals surface area contributed by atoms with Crippen molar-refractivity contribution < 1.29 is 23.4 Å². The fourth-order valence-corrected chi connectivity index (χ4v) is 3.36. The summed E-state index contributed by atoms with van der Waals surface area (Å²) in [7, 11) is 1.60. The van der Waals surface area contributed by atoms with Crippen LogP contribution in [-0.4, -0.2) is 39.2 Å². The summed E-state index contributed by atoms with van der Waals surface area (Å²) in [5.74, 6) is 2.50. The van der Waals surface area contributed by atoms with Crippen LogP contribution < -0.4 is 14.4 Å². The van der Waals surface area contributed by atoms with Gasteiger partial charge in [0.25, 0.3) is 0 Å². The van der Waals surface area contributed by atoms with Gasteiger partial charge in [-0.1, -0.05) is 12.1 Å². The zero-order valence-electron chi connectivity index (χ0n) is 17.5. The number of ether oxygens (including phenoxy) is 3. The van der Waals surface area contributed by atoms with Gasteiger partial charge in [-0.05, 0) is 60.7 Å². The predicted octanol–water partition coefficient (Wildman–Crippen LogP) is 4.60. The van der Waals surface area contributed by atoms with Crippen molar-refractivity contribution in [2.24, 2.45) is 0 Å². The van der Waals surface area contributed by atoms with E-state index < -0.39 is 0 Å². The SMILES string of the molecule is COc1ccccc1OCc1ccc(/C=C/C(=O)c2ccc(N3CCOCC3)cc2)o1. The van der Waals surface area contributed by atoms with Crippen LogP contribution >= 0.6 is 0 Å². The number of hydrogen-bond acceptors (Lipinski definition) is 6. The second kappa shape index (κ2) is 10.00. The molecule has 4 rings (SSSR count). The Kier molecular flexibility index (Phi) is 6.69. The summed E-state index contributed by atoms with van der Waals surface area (Å²) in [6, 6.07) is 18.7. The number of para-hydroxylation sites is 2. The molecule has 0 atom stereocenters. The number of anilines is 1. The van der Waals surface area contributed by atoms with Gasteiger partial charge in [-0.3, -0.25) is 4.79 Å². The summed E-state index contributed by atoms with van der Waals surface area (Å²) in [5, 5.41) is 0. The van der Waals surface area contributed by atoms with E-state index in [1.807, 2.05) is 60.7 Å². The van der Waals surface area contributed by atoms with E-state index in [4.69, 9.17) is 18.6 Å². The molecule has 0 N–H and O–H groups in total. The van der Waals surface area contributed by atoms with Crippen LogP contribution in [0.2, 0.25) is 0 Å². The van der Waals surface area contributed by atoms with E-state index in [0.717, 1.165) is 32.0 Å². The molecular formula is C25H25NO5. The summed E-state index contributed by atoms with van der Waals surface area (Å²) < 4.78 is 22.2. The molecule has 3 aromatic rings. The smallest absolute Gasteiger partial charge is 0.185 e. The average Bonchev–Trinajstić information content (AvgIpc) is 3.30. The Morgan fingerprint density at radius 1 is 1.00 bits per heavy atom. The lowest BCUT2D eigenvalue weighted by molar-refractivity contribution is 0.104. The lowest BCUT2D eigenvalue weighted by Crippen LogP contribution is -2.36. The Labute approximate surface area is 181 Å². The monoisotopic (exact) mass is 419 g/mol. The number of rotatable bonds is 8. The molecule has 0 saturated carbocycles. The lowest BCUT2D eigenvalue weighted by Gasteiger charge is -2.28. The van der Waals surface area contributed by atoms with E-state index in [1.54, 1.807) is 13.2 Å². The highest BCUT2D eigenvalue weighted by Crippen LogP contribution is 2.27. The normalized spacial score (nSPS) is 14.0. The first-order valence-corrected chi connectivity index (χ1v) is 10.2. The molecule has 1 saturated heterocycles. The summed E-state index contributed by atoms with van der Waals surface area (Å²) in [6.45, 7) is 3.48. The molecule has 0 bridgehead atoms. The number of allylic oxidation sites excluding steroid dienone is 1. The summed E-state index contributed by atoms with van der Waals surface area (Å²) >= 11 is 0. The molecule has 0 amide bonds. The number of carbonyl (C=O) groups is 1. The van der Waals surface area contributed by atoms with Gasteiger partial charge in [0.1, 0.15) is 18.1 Å². The van der Waals surface area contributed by atoms with E-state index in [9.17, 15) is 4.79 Å². The summed E-state index contributed by atoms with van der Waals surface area (Å²) in [5.41, 5.74) is 1.74. The van der Waals surface area contributed by atoms with Gasteiger partial charge in [-0.25, -0.2) is 0 Å². The minimum atomic E-state index is -0.0725. The van der Waals surface area contributed by atoms with Gasteiger partial charge in [-0.15, -0.1) is 0 Å². The number of morpholine rings is 1. The topological polar surface area (TPSA) is 61.1 Å². The highest BCUT2D eigenvalue weighted by molar-refractivity contribution is 6.06. The highest BCUT2D eigenvalue weighted by atomic mass is 16.5. The van der Waals surface area contributed by atoms with Gasteiger partial charge < -0.3 is 23.5 Å². The molecule has 1 aliphatic rings. The highest BCUT2D eigenvalue weighted by Gasteiger charge is 2.12. The van der Waals surface area contributed by atoms with Gasteiger partial charge in [0, 0.05) is 24.3 Å². The molecule has 6 nitrogen and oxygen atoms in total. The molecule has 0 spiro atoms. The molecule has 1 fully saturated rings. The lowest BCUT2D eigenvalue weighted by atomic mass is 10.1. The van der Waals surface area contributed by atoms with Gasteiger partial charge in [0.05, 0.1) is 20.3 Å². The third-order valence-corrected chi connectivity index (χ3v) is 5.05. The molecule has 0 aliphatic carbocycles. The van der Waals surface area contributed by atoms with Crippen molar-refractivity contribution >= 4 is 17.5 Å². The van der Waals surface area contributed by atoms with Crippen LogP contribution in [-0.2, 0) is 11.3 Å². The maximum atomic E-state index is 12.5. The van der Waals surface area contributed by atoms with E-state index in [2.05, 4.69) is 4.90 Å². The number of furan rings is 1. The third-order valence-electron chi connectivity index (χ3n) is 5.05. The number of hydrogen-bond donors (Lipinski definition) is 0. The number of ketones is 1. The Bertz CT molecular complexity index is 1030. The average molecular weight is 419 g/mol. The van der Waals surface area contributed by atoms with E-state index in [1.165, 1.54) is 6.08 Å². The van der Waals surface area contributed by atoms with Crippen LogP contribution in [0.25, 0.3) is 6.08 Å². The molecule has 0 radical (unpaired) electrons. The molecule has 1 aliphatic heterocycles. The Hall–Kier alpha value is -3.51. The van der Waals surface area contributed by atoms with Crippen molar-refractivity contribution in [3.63, 3.8) is 0 Å². The van der Waals surface area contributed by atoms with Crippen LogP contribution in [0, 0.1) is 0 Å². The van der Waals surface area contributed by atoms with Crippen molar-refractivity contribution in [1.82, 2.24) is 0 Å². The van der Waals surface area contributed by atoms with Gasteiger partial charge in [-0.2, -0.15) is 0 Å². The zero-order chi connectivity index (χ0) is 21.5. The van der Waals surface area contributed by atoms with E-state index in [-0.39, 0.29) is 12.4 Å². The molecular weight excluding hydrogens is 394 g/mol. The van der Waals surface area contributed by atoms with E-state index >= 15 is 0 Å². The first-order valence-electron chi connectivity index (χ1n) is 10.2. The minimum absolute atomic E-state index is 0.0725. The molecule has 2 heterocycles. The maximum Gasteiger partial charge on any atom is 0.185 e. The van der Waals surface area contributed by atoms with Crippen LogP contribution in [0.3, 0.4) is 0 Å².